The number of anilines is 1. The summed E-state index contributed by atoms with van der Waals surface area (Å²) in [7, 11) is 0. The van der Waals surface area contributed by atoms with Crippen molar-refractivity contribution < 1.29 is 9.53 Å². The monoisotopic (exact) mass is 309 g/mol. The van der Waals surface area contributed by atoms with E-state index in [-0.39, 0.29) is 12.2 Å². The number of aromatic nitrogens is 1. The number of thiazole rings is 1. The molecule has 0 unspecified atom stereocenters. The minimum Gasteiger partial charge on any atom is -0.481 e. The molecule has 1 aromatic carbocycles. The van der Waals surface area contributed by atoms with Crippen LogP contribution < -0.4 is 10.1 Å². The van der Waals surface area contributed by atoms with Gasteiger partial charge in [0.15, 0.2) is 5.13 Å². The van der Waals surface area contributed by atoms with Crippen LogP contribution in [-0.4, -0.2) is 17.5 Å². The van der Waals surface area contributed by atoms with Crippen molar-refractivity contribution in [2.45, 2.75) is 0 Å². The van der Waals surface area contributed by atoms with Crippen molar-refractivity contribution in [3.05, 3.63) is 47.0 Å². The zero-order chi connectivity index (χ0) is 15.8. The van der Waals surface area contributed by atoms with E-state index in [0.717, 1.165) is 0 Å². The Morgan fingerprint density at radius 1 is 1.45 bits per heavy atom. The Balaban J connectivity index is 2.10. The van der Waals surface area contributed by atoms with Crippen LogP contribution in [0.2, 0.25) is 0 Å². The minimum absolute atomic E-state index is 0.00695. The fourth-order valence-electron chi connectivity index (χ4n) is 1.55. The number of amides is 1. The second kappa shape index (κ2) is 7.63. The molecule has 0 saturated carbocycles. The Hall–Kier alpha value is -3.09. The summed E-state index contributed by atoms with van der Waals surface area (Å²) in [4.78, 5) is 15.9. The van der Waals surface area contributed by atoms with Gasteiger partial charge in [-0.2, -0.15) is 5.26 Å². The maximum Gasteiger partial charge on any atom is 0.268 e. The first-order valence-corrected chi connectivity index (χ1v) is 7.10. The van der Waals surface area contributed by atoms with Crippen molar-refractivity contribution >= 4 is 28.5 Å². The molecule has 0 aliphatic carbocycles. The van der Waals surface area contributed by atoms with Crippen LogP contribution in [0.1, 0.15) is 5.56 Å². The van der Waals surface area contributed by atoms with Gasteiger partial charge < -0.3 is 4.74 Å². The summed E-state index contributed by atoms with van der Waals surface area (Å²) in [5, 5.41) is 13.9. The molecule has 0 atom stereocenters. The number of nitrogens with one attached hydrogen (secondary N) is 1. The van der Waals surface area contributed by atoms with Gasteiger partial charge in [0.25, 0.3) is 5.91 Å². The maximum atomic E-state index is 12.0. The van der Waals surface area contributed by atoms with Gasteiger partial charge in [0.1, 0.15) is 24.0 Å². The highest BCUT2D eigenvalue weighted by Gasteiger charge is 2.10. The number of carbonyl (C=O) groups is 1. The second-order valence-electron chi connectivity index (χ2n) is 4.02. The molecule has 1 N–H and O–H groups in total. The predicted octanol–water partition coefficient (Wildman–Crippen LogP) is 2.70. The molecule has 0 aliphatic heterocycles. The van der Waals surface area contributed by atoms with Gasteiger partial charge in [-0.3, -0.25) is 10.1 Å². The van der Waals surface area contributed by atoms with Crippen molar-refractivity contribution in [3.63, 3.8) is 0 Å². The molecule has 2 aromatic rings. The van der Waals surface area contributed by atoms with Gasteiger partial charge in [-0.1, -0.05) is 18.1 Å². The third-order valence-corrected chi connectivity index (χ3v) is 3.22. The van der Waals surface area contributed by atoms with Gasteiger partial charge in [-0.15, -0.1) is 17.8 Å². The number of ether oxygens (including phenoxy) is 1. The molecule has 1 aromatic heterocycles. The molecule has 6 heteroatoms. The zero-order valence-electron chi connectivity index (χ0n) is 11.4. The summed E-state index contributed by atoms with van der Waals surface area (Å²) in [6, 6.07) is 8.79. The van der Waals surface area contributed by atoms with E-state index < -0.39 is 5.91 Å². The largest absolute Gasteiger partial charge is 0.481 e. The Bertz CT molecular complexity index is 750. The number of carbonyl (C=O) groups excluding carboxylic acids is 1. The molecule has 0 fully saturated rings. The topological polar surface area (TPSA) is 75.0 Å². The number of rotatable bonds is 5. The average molecular weight is 309 g/mol. The number of nitriles is 1. The van der Waals surface area contributed by atoms with E-state index in [1.807, 2.05) is 6.07 Å². The van der Waals surface area contributed by atoms with E-state index in [0.29, 0.717) is 16.4 Å². The molecule has 0 bridgehead atoms. The van der Waals surface area contributed by atoms with Gasteiger partial charge >= 0.3 is 0 Å². The molecule has 0 radical (unpaired) electrons. The van der Waals surface area contributed by atoms with Crippen LogP contribution in [0.5, 0.6) is 5.75 Å². The third kappa shape index (κ3) is 4.20. The molecule has 1 heterocycles. The Morgan fingerprint density at radius 2 is 2.23 bits per heavy atom. The first kappa shape index (κ1) is 15.3. The van der Waals surface area contributed by atoms with E-state index in [4.69, 9.17) is 16.4 Å². The van der Waals surface area contributed by atoms with E-state index in [1.165, 1.54) is 17.4 Å². The minimum atomic E-state index is -0.495. The van der Waals surface area contributed by atoms with E-state index in [9.17, 15) is 4.79 Å². The van der Waals surface area contributed by atoms with Gasteiger partial charge in [0, 0.05) is 11.6 Å². The molecular weight excluding hydrogens is 298 g/mol. The Labute approximate surface area is 131 Å². The van der Waals surface area contributed by atoms with Crippen LogP contribution in [0, 0.1) is 23.7 Å². The SMILES string of the molecule is C#CCOc1ccc(C=C(C#N)C(=O)Nc2nccs2)cc1. The lowest BCUT2D eigenvalue weighted by atomic mass is 10.1. The van der Waals surface area contributed by atoms with Crippen LogP contribution in [0.4, 0.5) is 5.13 Å². The molecule has 5 nitrogen and oxygen atoms in total. The van der Waals surface area contributed by atoms with Crippen LogP contribution in [0.25, 0.3) is 6.08 Å². The lowest BCUT2D eigenvalue weighted by Crippen LogP contribution is -2.13. The maximum absolute atomic E-state index is 12.0. The standard InChI is InChI=1S/C16H11N3O2S/c1-2-8-21-14-5-3-12(4-6-14)10-13(11-17)15(20)19-16-18-7-9-22-16/h1,3-7,9-10H,8H2,(H,18,19,20). The summed E-state index contributed by atoms with van der Waals surface area (Å²) >= 11 is 1.28. The summed E-state index contributed by atoms with van der Waals surface area (Å²) in [6.45, 7) is 0.189. The van der Waals surface area contributed by atoms with Gasteiger partial charge in [0.05, 0.1) is 0 Å². The summed E-state index contributed by atoms with van der Waals surface area (Å²) < 4.78 is 5.25. The number of benzene rings is 1. The number of terminal acetylenes is 1. The highest BCUT2D eigenvalue weighted by atomic mass is 32.1. The van der Waals surface area contributed by atoms with Crippen LogP contribution in [-0.2, 0) is 4.79 Å². The van der Waals surface area contributed by atoms with E-state index in [1.54, 1.807) is 35.8 Å². The lowest BCUT2D eigenvalue weighted by molar-refractivity contribution is -0.112. The highest BCUT2D eigenvalue weighted by Crippen LogP contribution is 2.16. The van der Waals surface area contributed by atoms with Crippen molar-refractivity contribution in [2.75, 3.05) is 11.9 Å². The molecule has 2 rings (SSSR count). The van der Waals surface area contributed by atoms with Crippen LogP contribution in [0.15, 0.2) is 41.4 Å². The molecule has 0 saturated heterocycles. The summed E-state index contributed by atoms with van der Waals surface area (Å²) in [5.41, 5.74) is 0.700. The molecule has 108 valence electrons. The molecule has 0 spiro atoms. The first-order valence-electron chi connectivity index (χ1n) is 6.22. The highest BCUT2D eigenvalue weighted by molar-refractivity contribution is 7.13. The van der Waals surface area contributed by atoms with E-state index >= 15 is 0 Å². The second-order valence-corrected chi connectivity index (χ2v) is 4.92. The quantitative estimate of drug-likeness (QED) is 0.523. The number of nitrogens with zero attached hydrogens (tertiary/aromatic N) is 2. The van der Waals surface area contributed by atoms with Crippen molar-refractivity contribution in [2.24, 2.45) is 0 Å². The Morgan fingerprint density at radius 3 is 2.82 bits per heavy atom. The third-order valence-electron chi connectivity index (χ3n) is 2.53. The number of hydrogen-bond acceptors (Lipinski definition) is 5. The van der Waals surface area contributed by atoms with Crippen LogP contribution in [0.3, 0.4) is 0 Å². The van der Waals surface area contributed by atoms with E-state index in [2.05, 4.69) is 16.2 Å². The van der Waals surface area contributed by atoms with Crippen LogP contribution >= 0.6 is 11.3 Å². The van der Waals surface area contributed by atoms with Gasteiger partial charge in [0.2, 0.25) is 0 Å². The molecular formula is C16H11N3O2S. The predicted molar refractivity (Wildman–Crippen MR) is 85.1 cm³/mol. The van der Waals surface area contributed by atoms with Gasteiger partial charge in [-0.05, 0) is 23.8 Å². The fraction of sp³-hybridized carbons (Fsp3) is 0.0625. The Kier molecular flexibility index (Phi) is 5.31. The lowest BCUT2D eigenvalue weighted by Gasteiger charge is -2.03. The van der Waals surface area contributed by atoms with Crippen molar-refractivity contribution in [1.29, 1.82) is 5.26 Å². The normalized spacial score (nSPS) is 10.4. The fourth-order valence-corrected chi connectivity index (χ4v) is 2.07. The molecule has 1 amide bonds. The van der Waals surface area contributed by atoms with Gasteiger partial charge in [-0.25, -0.2) is 4.98 Å². The average Bonchev–Trinajstić information content (AvgIpc) is 3.04. The molecule has 22 heavy (non-hydrogen) atoms. The smallest absolute Gasteiger partial charge is 0.268 e. The molecule has 0 aliphatic rings. The van der Waals surface area contributed by atoms with Crippen molar-refractivity contribution in [1.82, 2.24) is 4.98 Å². The van der Waals surface area contributed by atoms with Crippen molar-refractivity contribution in [3.8, 4) is 24.2 Å². The summed E-state index contributed by atoms with van der Waals surface area (Å²) in [5.74, 6) is 2.50. The summed E-state index contributed by atoms with van der Waals surface area (Å²) in [6.07, 6.45) is 8.18. The first-order chi connectivity index (χ1) is 10.7. The number of hydrogen-bond donors (Lipinski definition) is 1. The zero-order valence-corrected chi connectivity index (χ0v) is 12.3.